The van der Waals surface area contributed by atoms with E-state index in [1.807, 2.05) is 4.72 Å². The predicted octanol–water partition coefficient (Wildman–Crippen LogP) is 0.955. The molecule has 3 N–H and O–H groups in total. The van der Waals surface area contributed by atoms with Gasteiger partial charge in [0.05, 0.1) is 11.8 Å². The minimum Gasteiger partial charge on any atom is -0.368 e. The molecule has 1 amide bonds. The molecule has 20 heavy (non-hydrogen) atoms. The lowest BCUT2D eigenvalue weighted by Crippen LogP contribution is -2.52. The van der Waals surface area contributed by atoms with Crippen LogP contribution in [0.3, 0.4) is 0 Å². The number of carbonyl (C=O) groups excluding carboxylic acids is 1. The minimum absolute atomic E-state index is 0.190. The number of benzene rings is 1. The number of nitrogens with one attached hydrogen (secondary N) is 1. The summed E-state index contributed by atoms with van der Waals surface area (Å²) in [6.07, 6.45) is -3.83. The molecular weight excluding hydrogens is 297 g/mol. The molecular formula is C11H13F3N2O3S. The van der Waals surface area contributed by atoms with E-state index in [9.17, 15) is 26.4 Å². The SMILES string of the molecule is CC(NS(C)(=O)=O)(C(N)=O)c1cccc(C(F)(F)F)c1. The summed E-state index contributed by atoms with van der Waals surface area (Å²) in [4.78, 5) is 11.5. The molecule has 1 rings (SSSR count). The van der Waals surface area contributed by atoms with Crippen molar-refractivity contribution in [3.63, 3.8) is 0 Å². The van der Waals surface area contributed by atoms with Gasteiger partial charge in [-0.3, -0.25) is 4.79 Å². The van der Waals surface area contributed by atoms with Gasteiger partial charge in [0, 0.05) is 0 Å². The number of halogens is 3. The lowest BCUT2D eigenvalue weighted by atomic mass is 9.91. The van der Waals surface area contributed by atoms with Crippen molar-refractivity contribution in [2.24, 2.45) is 5.73 Å². The van der Waals surface area contributed by atoms with Crippen LogP contribution in [0.4, 0.5) is 13.2 Å². The van der Waals surface area contributed by atoms with Crippen LogP contribution in [-0.2, 0) is 26.5 Å². The normalized spacial score (nSPS) is 15.7. The number of carbonyl (C=O) groups is 1. The highest BCUT2D eigenvalue weighted by Gasteiger charge is 2.38. The summed E-state index contributed by atoms with van der Waals surface area (Å²) in [5.41, 5.74) is 1.97. The molecule has 0 saturated heterocycles. The zero-order valence-corrected chi connectivity index (χ0v) is 11.5. The first kappa shape index (κ1) is 16.4. The molecule has 0 aromatic heterocycles. The molecule has 1 unspecified atom stereocenters. The number of amides is 1. The molecule has 0 radical (unpaired) electrons. The third kappa shape index (κ3) is 3.70. The highest BCUT2D eigenvalue weighted by atomic mass is 32.2. The van der Waals surface area contributed by atoms with Crippen LogP contribution in [0.25, 0.3) is 0 Å². The van der Waals surface area contributed by atoms with E-state index in [0.29, 0.717) is 6.07 Å². The zero-order valence-electron chi connectivity index (χ0n) is 10.7. The fourth-order valence-electron chi connectivity index (χ4n) is 1.63. The van der Waals surface area contributed by atoms with E-state index in [1.165, 1.54) is 6.07 Å². The number of nitrogens with two attached hydrogens (primary N) is 1. The van der Waals surface area contributed by atoms with E-state index in [1.54, 1.807) is 0 Å². The number of hydrogen-bond donors (Lipinski definition) is 2. The van der Waals surface area contributed by atoms with Crippen LogP contribution in [0.5, 0.6) is 0 Å². The summed E-state index contributed by atoms with van der Waals surface area (Å²) < 4.78 is 62.4. The maximum absolute atomic E-state index is 12.6. The summed E-state index contributed by atoms with van der Waals surface area (Å²) >= 11 is 0. The van der Waals surface area contributed by atoms with E-state index in [-0.39, 0.29) is 5.56 Å². The van der Waals surface area contributed by atoms with Gasteiger partial charge in [-0.05, 0) is 24.6 Å². The van der Waals surface area contributed by atoms with E-state index >= 15 is 0 Å². The lowest BCUT2D eigenvalue weighted by Gasteiger charge is -2.27. The first-order chi connectivity index (χ1) is 8.86. The molecule has 0 aliphatic carbocycles. The monoisotopic (exact) mass is 310 g/mol. The highest BCUT2D eigenvalue weighted by molar-refractivity contribution is 7.88. The quantitative estimate of drug-likeness (QED) is 0.868. The van der Waals surface area contributed by atoms with Gasteiger partial charge < -0.3 is 5.73 Å². The van der Waals surface area contributed by atoms with Crippen molar-refractivity contribution < 1.29 is 26.4 Å². The van der Waals surface area contributed by atoms with Gasteiger partial charge in [-0.1, -0.05) is 12.1 Å². The Kier molecular flexibility index (Phi) is 4.16. The van der Waals surface area contributed by atoms with Gasteiger partial charge >= 0.3 is 6.18 Å². The summed E-state index contributed by atoms with van der Waals surface area (Å²) in [7, 11) is -3.86. The first-order valence-electron chi connectivity index (χ1n) is 5.33. The van der Waals surface area contributed by atoms with Crippen molar-refractivity contribution in [2.75, 3.05) is 6.26 Å². The van der Waals surface area contributed by atoms with Crippen molar-refractivity contribution >= 4 is 15.9 Å². The maximum atomic E-state index is 12.6. The third-order valence-electron chi connectivity index (χ3n) is 2.65. The molecule has 1 atom stereocenters. The summed E-state index contributed by atoms with van der Waals surface area (Å²) in [6, 6.07) is 3.76. The number of rotatable bonds is 4. The van der Waals surface area contributed by atoms with Gasteiger partial charge in [0.2, 0.25) is 15.9 Å². The molecule has 0 fully saturated rings. The molecule has 0 aliphatic heterocycles. The van der Waals surface area contributed by atoms with Crippen LogP contribution in [0.2, 0.25) is 0 Å². The van der Waals surface area contributed by atoms with Crippen molar-refractivity contribution in [3.05, 3.63) is 35.4 Å². The Morgan fingerprint density at radius 3 is 2.15 bits per heavy atom. The number of primary amides is 1. The van der Waals surface area contributed by atoms with E-state index in [4.69, 9.17) is 5.73 Å². The van der Waals surface area contributed by atoms with E-state index < -0.39 is 33.2 Å². The van der Waals surface area contributed by atoms with Gasteiger partial charge in [0.1, 0.15) is 5.54 Å². The van der Waals surface area contributed by atoms with Crippen molar-refractivity contribution in [1.82, 2.24) is 4.72 Å². The standard InChI is InChI=1S/C11H13F3N2O3S/c1-10(9(15)17,16-20(2,18)19)7-4-3-5-8(6-7)11(12,13)14/h3-6,16H,1-2H3,(H2,15,17). The molecule has 0 bridgehead atoms. The second-order valence-corrected chi connectivity index (χ2v) is 6.19. The Balaban J connectivity index is 3.41. The van der Waals surface area contributed by atoms with Gasteiger partial charge in [0.25, 0.3) is 0 Å². The van der Waals surface area contributed by atoms with Gasteiger partial charge in [-0.25, -0.2) is 8.42 Å². The van der Waals surface area contributed by atoms with Crippen molar-refractivity contribution in [1.29, 1.82) is 0 Å². The second kappa shape index (κ2) is 5.06. The van der Waals surface area contributed by atoms with Gasteiger partial charge in [-0.15, -0.1) is 0 Å². The smallest absolute Gasteiger partial charge is 0.368 e. The Morgan fingerprint density at radius 1 is 1.25 bits per heavy atom. The Labute approximate surface area is 114 Å². The molecule has 9 heteroatoms. The van der Waals surface area contributed by atoms with Crippen LogP contribution < -0.4 is 10.5 Å². The Hall–Kier alpha value is -1.61. The highest BCUT2D eigenvalue weighted by Crippen LogP contribution is 2.32. The number of sulfonamides is 1. The van der Waals surface area contributed by atoms with Crippen molar-refractivity contribution in [2.45, 2.75) is 18.6 Å². The first-order valence-corrected chi connectivity index (χ1v) is 7.22. The topological polar surface area (TPSA) is 89.3 Å². The van der Waals surface area contributed by atoms with Crippen LogP contribution in [-0.4, -0.2) is 20.6 Å². The Morgan fingerprint density at radius 2 is 1.75 bits per heavy atom. The average Bonchev–Trinajstić information content (AvgIpc) is 2.25. The number of alkyl halides is 3. The fraction of sp³-hybridized carbons (Fsp3) is 0.364. The maximum Gasteiger partial charge on any atom is 0.416 e. The van der Waals surface area contributed by atoms with Gasteiger partial charge in [-0.2, -0.15) is 17.9 Å². The van der Waals surface area contributed by atoms with E-state index in [0.717, 1.165) is 25.3 Å². The molecule has 0 saturated carbocycles. The summed E-state index contributed by atoms with van der Waals surface area (Å²) in [6.45, 7) is 1.10. The van der Waals surface area contributed by atoms with Crippen molar-refractivity contribution in [3.8, 4) is 0 Å². The van der Waals surface area contributed by atoms with E-state index in [2.05, 4.69) is 0 Å². The van der Waals surface area contributed by atoms with Crippen LogP contribution in [0, 0.1) is 0 Å². The summed E-state index contributed by atoms with van der Waals surface area (Å²) in [5.74, 6) is -1.11. The van der Waals surface area contributed by atoms with Crippen LogP contribution >= 0.6 is 0 Å². The molecule has 1 aromatic rings. The van der Waals surface area contributed by atoms with Crippen LogP contribution in [0.15, 0.2) is 24.3 Å². The third-order valence-corrected chi connectivity index (χ3v) is 3.43. The molecule has 0 aliphatic rings. The molecule has 0 spiro atoms. The predicted molar refractivity (Wildman–Crippen MR) is 66.0 cm³/mol. The lowest BCUT2D eigenvalue weighted by molar-refractivity contribution is -0.137. The molecule has 0 heterocycles. The molecule has 112 valence electrons. The van der Waals surface area contributed by atoms with Gasteiger partial charge in [0.15, 0.2) is 0 Å². The fourth-order valence-corrected chi connectivity index (χ4v) is 2.59. The van der Waals surface area contributed by atoms with Crippen LogP contribution in [0.1, 0.15) is 18.1 Å². The number of hydrogen-bond acceptors (Lipinski definition) is 3. The largest absolute Gasteiger partial charge is 0.416 e. The zero-order chi connectivity index (χ0) is 15.8. The molecule has 1 aromatic carbocycles. The average molecular weight is 310 g/mol. The second-order valence-electron chi connectivity index (χ2n) is 4.44. The summed E-state index contributed by atoms with van der Waals surface area (Å²) in [5, 5.41) is 0. The Bertz CT molecular complexity index is 628. The minimum atomic E-state index is -4.61. The molecule has 5 nitrogen and oxygen atoms in total.